The first-order chi connectivity index (χ1) is 14.8. The summed E-state index contributed by atoms with van der Waals surface area (Å²) in [5.74, 6) is -4.04. The van der Waals surface area contributed by atoms with Crippen molar-refractivity contribution in [2.75, 3.05) is 19.5 Å². The number of ether oxygens (including phenoxy) is 2. The van der Waals surface area contributed by atoms with Crippen LogP contribution in [0.5, 0.6) is 0 Å². The van der Waals surface area contributed by atoms with E-state index in [1.54, 1.807) is 4.68 Å². The highest BCUT2D eigenvalue weighted by atomic mass is 19.1. The minimum Gasteiger partial charge on any atom is -0.465 e. The highest BCUT2D eigenvalue weighted by Gasteiger charge is 2.29. The predicted molar refractivity (Wildman–Crippen MR) is 104 cm³/mol. The largest absolute Gasteiger partial charge is 0.465 e. The van der Waals surface area contributed by atoms with Crippen molar-refractivity contribution in [1.82, 2.24) is 15.1 Å². The number of benzene rings is 1. The molecule has 2 N–H and O–H groups in total. The van der Waals surface area contributed by atoms with Crippen molar-refractivity contribution in [2.24, 2.45) is 0 Å². The molecule has 1 aromatic carbocycles. The van der Waals surface area contributed by atoms with E-state index in [4.69, 9.17) is 9.47 Å². The van der Waals surface area contributed by atoms with Crippen LogP contribution in [-0.4, -0.2) is 47.9 Å². The van der Waals surface area contributed by atoms with E-state index in [1.807, 2.05) is 0 Å². The van der Waals surface area contributed by atoms with Crippen LogP contribution in [0.25, 0.3) is 0 Å². The fraction of sp³-hybridized carbons (Fsp3) is 0.400. The first-order valence-corrected chi connectivity index (χ1v) is 9.58. The molecule has 1 aromatic heterocycles. The summed E-state index contributed by atoms with van der Waals surface area (Å²) >= 11 is 0. The number of fused-ring (bicyclic) bond motifs is 1. The van der Waals surface area contributed by atoms with Gasteiger partial charge in [-0.3, -0.25) is 14.3 Å². The van der Waals surface area contributed by atoms with E-state index >= 15 is 0 Å². The zero-order valence-corrected chi connectivity index (χ0v) is 17.0. The van der Waals surface area contributed by atoms with Gasteiger partial charge in [-0.2, -0.15) is 5.10 Å². The number of nitrogens with zero attached hydrogens (tertiary/aromatic N) is 2. The summed E-state index contributed by atoms with van der Waals surface area (Å²) in [4.78, 5) is 37.1. The number of aryl methyl sites for hydroxylation is 1. The SMILES string of the molecule is COC(=O)c1c(CNC(=O)C(OC)C(=O)Nc2cc(F)cc(F)c2)nn2c1CCCC2. The highest BCUT2D eigenvalue weighted by Crippen LogP contribution is 2.22. The smallest absolute Gasteiger partial charge is 0.341 e. The first-order valence-electron chi connectivity index (χ1n) is 9.58. The Labute approximate surface area is 176 Å². The number of hydrogen-bond acceptors (Lipinski definition) is 6. The van der Waals surface area contributed by atoms with E-state index < -0.39 is 35.5 Å². The monoisotopic (exact) mass is 436 g/mol. The minimum absolute atomic E-state index is 0.134. The van der Waals surface area contributed by atoms with Crippen molar-refractivity contribution in [3.8, 4) is 0 Å². The number of hydrogen-bond donors (Lipinski definition) is 2. The van der Waals surface area contributed by atoms with E-state index in [0.29, 0.717) is 30.3 Å². The molecule has 11 heteroatoms. The van der Waals surface area contributed by atoms with Crippen LogP contribution in [0.1, 0.15) is 34.6 Å². The Balaban J connectivity index is 1.71. The topological polar surface area (TPSA) is 112 Å². The molecule has 2 aromatic rings. The maximum Gasteiger partial charge on any atom is 0.341 e. The second kappa shape index (κ2) is 9.65. The molecule has 0 bridgehead atoms. The third-order valence-corrected chi connectivity index (χ3v) is 4.83. The van der Waals surface area contributed by atoms with Crippen LogP contribution in [0.2, 0.25) is 0 Å². The average molecular weight is 436 g/mol. The van der Waals surface area contributed by atoms with Crippen molar-refractivity contribution < 1.29 is 32.6 Å². The summed E-state index contributed by atoms with van der Waals surface area (Å²) < 4.78 is 38.1. The third-order valence-electron chi connectivity index (χ3n) is 4.83. The van der Waals surface area contributed by atoms with Crippen LogP contribution in [0.15, 0.2) is 18.2 Å². The molecule has 1 aliphatic heterocycles. The van der Waals surface area contributed by atoms with Crippen LogP contribution in [0, 0.1) is 11.6 Å². The van der Waals surface area contributed by atoms with Gasteiger partial charge in [0, 0.05) is 25.4 Å². The van der Waals surface area contributed by atoms with Gasteiger partial charge in [0.25, 0.3) is 11.8 Å². The van der Waals surface area contributed by atoms with Crippen molar-refractivity contribution >= 4 is 23.5 Å². The fourth-order valence-electron chi connectivity index (χ4n) is 3.44. The molecule has 166 valence electrons. The van der Waals surface area contributed by atoms with Gasteiger partial charge in [-0.25, -0.2) is 13.6 Å². The number of carbonyl (C=O) groups excluding carboxylic acids is 3. The zero-order valence-electron chi connectivity index (χ0n) is 17.0. The van der Waals surface area contributed by atoms with E-state index in [0.717, 1.165) is 37.8 Å². The van der Waals surface area contributed by atoms with Gasteiger partial charge < -0.3 is 20.1 Å². The summed E-state index contributed by atoms with van der Waals surface area (Å²) in [5.41, 5.74) is 1.21. The Hall–Kier alpha value is -3.34. The number of esters is 1. The Morgan fingerprint density at radius 2 is 1.84 bits per heavy atom. The van der Waals surface area contributed by atoms with Gasteiger partial charge >= 0.3 is 5.97 Å². The van der Waals surface area contributed by atoms with Gasteiger partial charge in [0.1, 0.15) is 17.2 Å². The summed E-state index contributed by atoms with van der Waals surface area (Å²) in [6.45, 7) is 0.519. The molecule has 2 heterocycles. The lowest BCUT2D eigenvalue weighted by atomic mass is 10.0. The van der Waals surface area contributed by atoms with E-state index in [2.05, 4.69) is 15.7 Å². The van der Waals surface area contributed by atoms with Gasteiger partial charge in [0.05, 0.1) is 25.0 Å². The molecule has 3 rings (SSSR count). The number of methoxy groups -OCH3 is 2. The number of anilines is 1. The van der Waals surface area contributed by atoms with Crippen LogP contribution in [0.4, 0.5) is 14.5 Å². The van der Waals surface area contributed by atoms with Gasteiger partial charge in [0.15, 0.2) is 0 Å². The molecule has 0 spiro atoms. The summed E-state index contributed by atoms with van der Waals surface area (Å²) in [7, 11) is 2.41. The summed E-state index contributed by atoms with van der Waals surface area (Å²) in [6, 6.07) is 2.47. The average Bonchev–Trinajstić information content (AvgIpc) is 3.09. The first kappa shape index (κ1) is 22.3. The Kier molecular flexibility index (Phi) is 6.95. The number of nitrogens with one attached hydrogen (secondary N) is 2. The highest BCUT2D eigenvalue weighted by molar-refractivity contribution is 6.09. The molecule has 0 aliphatic carbocycles. The molecule has 0 radical (unpaired) electrons. The molecular formula is C20H22F2N4O5. The maximum absolute atomic E-state index is 13.3. The number of aromatic nitrogens is 2. The number of halogens is 2. The molecule has 2 amide bonds. The van der Waals surface area contributed by atoms with Crippen LogP contribution >= 0.6 is 0 Å². The Morgan fingerprint density at radius 1 is 1.13 bits per heavy atom. The van der Waals surface area contributed by atoms with Gasteiger partial charge in [-0.05, 0) is 31.4 Å². The Bertz CT molecular complexity index is 987. The zero-order chi connectivity index (χ0) is 22.5. The number of carbonyl (C=O) groups is 3. The number of amides is 2. The summed E-state index contributed by atoms with van der Waals surface area (Å²) in [5, 5.41) is 9.13. The predicted octanol–water partition coefficient (Wildman–Crippen LogP) is 1.55. The van der Waals surface area contributed by atoms with Crippen LogP contribution < -0.4 is 10.6 Å². The second-order valence-corrected chi connectivity index (χ2v) is 6.92. The molecule has 31 heavy (non-hydrogen) atoms. The second-order valence-electron chi connectivity index (χ2n) is 6.92. The van der Waals surface area contributed by atoms with Crippen molar-refractivity contribution in [2.45, 2.75) is 38.5 Å². The molecule has 1 unspecified atom stereocenters. The lowest BCUT2D eigenvalue weighted by molar-refractivity contribution is -0.140. The lowest BCUT2D eigenvalue weighted by Gasteiger charge is -2.15. The molecule has 0 fully saturated rings. The standard InChI is InChI=1S/C20H22F2N4O5/c1-30-17(19(28)24-13-8-11(21)7-12(22)9-13)18(27)23-10-14-16(20(29)31-2)15-5-3-4-6-26(15)25-14/h7-9,17H,3-6,10H2,1-2H3,(H,23,27)(H,24,28). The quantitative estimate of drug-likeness (QED) is 0.503. The minimum atomic E-state index is -1.59. The van der Waals surface area contributed by atoms with Gasteiger partial charge in [0.2, 0.25) is 6.10 Å². The summed E-state index contributed by atoms with van der Waals surface area (Å²) in [6.07, 6.45) is 0.908. The molecule has 9 nitrogen and oxygen atoms in total. The molecule has 1 atom stereocenters. The van der Waals surface area contributed by atoms with Crippen molar-refractivity contribution in [1.29, 1.82) is 0 Å². The molecule has 1 aliphatic rings. The molecule has 0 saturated heterocycles. The fourth-order valence-corrected chi connectivity index (χ4v) is 3.44. The van der Waals surface area contributed by atoms with E-state index in [-0.39, 0.29) is 12.2 Å². The van der Waals surface area contributed by atoms with Crippen molar-refractivity contribution in [3.05, 3.63) is 46.8 Å². The molecule has 0 saturated carbocycles. The lowest BCUT2D eigenvalue weighted by Crippen LogP contribution is -2.43. The van der Waals surface area contributed by atoms with Crippen LogP contribution in [0.3, 0.4) is 0 Å². The Morgan fingerprint density at radius 3 is 2.48 bits per heavy atom. The third kappa shape index (κ3) is 5.05. The number of rotatable bonds is 7. The van der Waals surface area contributed by atoms with Crippen molar-refractivity contribution in [3.63, 3.8) is 0 Å². The van der Waals surface area contributed by atoms with Gasteiger partial charge in [-0.1, -0.05) is 0 Å². The maximum atomic E-state index is 13.3. The van der Waals surface area contributed by atoms with E-state index in [1.165, 1.54) is 7.11 Å². The van der Waals surface area contributed by atoms with E-state index in [9.17, 15) is 23.2 Å². The van der Waals surface area contributed by atoms with Gasteiger partial charge in [-0.15, -0.1) is 0 Å². The molecular weight excluding hydrogens is 414 g/mol. The normalized spacial score (nSPS) is 13.8. The van der Waals surface area contributed by atoms with Crippen LogP contribution in [-0.2, 0) is 38.6 Å².